The second kappa shape index (κ2) is 9.15. The molecular formula is C24H22ClFN6O. The standard InChI is InChI=1S/C24H22ClFN6O/c25-20-2-3-22-19(12-20)14-27-16-32(22)15-17-10-18(13-21(26)11-17)23(33)30-6-8-31(9-7-30)24-28-4-1-5-29-24/h1-5,10-14H,6-9,15-16H2. The maximum atomic E-state index is 14.5. The van der Waals surface area contributed by atoms with E-state index in [1.165, 1.54) is 12.1 Å². The van der Waals surface area contributed by atoms with Crippen molar-refractivity contribution in [2.75, 3.05) is 42.6 Å². The second-order valence-electron chi connectivity index (χ2n) is 8.03. The number of carbonyl (C=O) groups is 1. The minimum absolute atomic E-state index is 0.173. The van der Waals surface area contributed by atoms with E-state index in [9.17, 15) is 9.18 Å². The third kappa shape index (κ3) is 4.66. The topological polar surface area (TPSA) is 64.9 Å². The molecular weight excluding hydrogens is 443 g/mol. The average molecular weight is 465 g/mol. The summed E-state index contributed by atoms with van der Waals surface area (Å²) < 4.78 is 14.5. The molecule has 33 heavy (non-hydrogen) atoms. The third-order valence-corrected chi connectivity index (χ3v) is 6.03. The molecule has 1 amide bonds. The summed E-state index contributed by atoms with van der Waals surface area (Å²) in [5.74, 6) is 0.0561. The van der Waals surface area contributed by atoms with Crippen LogP contribution in [-0.4, -0.2) is 59.8 Å². The lowest BCUT2D eigenvalue weighted by molar-refractivity contribution is 0.0745. The van der Waals surface area contributed by atoms with Gasteiger partial charge in [-0.15, -0.1) is 0 Å². The molecule has 7 nitrogen and oxygen atoms in total. The van der Waals surface area contributed by atoms with Gasteiger partial charge in [0.25, 0.3) is 5.91 Å². The molecule has 3 aromatic rings. The van der Waals surface area contributed by atoms with E-state index in [-0.39, 0.29) is 5.91 Å². The van der Waals surface area contributed by atoms with Gasteiger partial charge in [0, 0.05) is 73.2 Å². The molecule has 0 unspecified atom stereocenters. The van der Waals surface area contributed by atoms with E-state index in [4.69, 9.17) is 11.6 Å². The normalized spacial score (nSPS) is 15.5. The minimum atomic E-state index is -0.427. The minimum Gasteiger partial charge on any atom is -0.347 e. The van der Waals surface area contributed by atoms with Crippen molar-refractivity contribution in [3.63, 3.8) is 0 Å². The van der Waals surface area contributed by atoms with Gasteiger partial charge < -0.3 is 14.7 Å². The number of piperazine rings is 1. The van der Waals surface area contributed by atoms with Crippen LogP contribution < -0.4 is 9.80 Å². The van der Waals surface area contributed by atoms with Crippen LogP contribution in [0.25, 0.3) is 0 Å². The number of fused-ring (bicyclic) bond motifs is 1. The van der Waals surface area contributed by atoms with Crippen LogP contribution in [0.15, 0.2) is 59.9 Å². The van der Waals surface area contributed by atoms with Crippen molar-refractivity contribution in [1.82, 2.24) is 14.9 Å². The molecule has 0 bridgehead atoms. The van der Waals surface area contributed by atoms with Crippen LogP contribution in [0.1, 0.15) is 21.5 Å². The Kier molecular flexibility index (Phi) is 5.92. The smallest absolute Gasteiger partial charge is 0.254 e. The number of hydrogen-bond acceptors (Lipinski definition) is 6. The van der Waals surface area contributed by atoms with Crippen LogP contribution in [0.2, 0.25) is 5.02 Å². The molecule has 0 spiro atoms. The van der Waals surface area contributed by atoms with Gasteiger partial charge in [-0.3, -0.25) is 9.79 Å². The summed E-state index contributed by atoms with van der Waals surface area (Å²) in [6, 6.07) is 11.9. The SMILES string of the molecule is O=C(c1cc(F)cc(CN2CN=Cc3cc(Cl)ccc32)c1)N1CCN(c2ncccn2)CC1. The predicted molar refractivity (Wildman–Crippen MR) is 127 cm³/mol. The van der Waals surface area contributed by atoms with Gasteiger partial charge in [0.15, 0.2) is 0 Å². The Morgan fingerprint density at radius 3 is 2.61 bits per heavy atom. The second-order valence-corrected chi connectivity index (χ2v) is 8.47. The number of benzene rings is 2. The van der Waals surface area contributed by atoms with Crippen LogP contribution in [0.5, 0.6) is 0 Å². The summed E-state index contributed by atoms with van der Waals surface area (Å²) in [7, 11) is 0. The zero-order chi connectivity index (χ0) is 22.8. The van der Waals surface area contributed by atoms with Gasteiger partial charge in [-0.25, -0.2) is 14.4 Å². The monoisotopic (exact) mass is 464 g/mol. The highest BCUT2D eigenvalue weighted by Gasteiger charge is 2.24. The molecule has 0 aliphatic carbocycles. The highest BCUT2D eigenvalue weighted by molar-refractivity contribution is 6.31. The van der Waals surface area contributed by atoms with Crippen molar-refractivity contribution in [2.24, 2.45) is 4.99 Å². The van der Waals surface area contributed by atoms with Gasteiger partial charge in [0.05, 0.1) is 0 Å². The maximum Gasteiger partial charge on any atom is 0.254 e. The van der Waals surface area contributed by atoms with Crippen molar-refractivity contribution in [2.45, 2.75) is 6.54 Å². The summed E-state index contributed by atoms with van der Waals surface area (Å²) >= 11 is 6.10. The zero-order valence-electron chi connectivity index (χ0n) is 17.9. The molecule has 2 aliphatic rings. The fourth-order valence-electron chi connectivity index (χ4n) is 4.20. The Labute approximate surface area is 196 Å². The van der Waals surface area contributed by atoms with Gasteiger partial charge in [-0.1, -0.05) is 11.6 Å². The molecule has 0 radical (unpaired) electrons. The Balaban J connectivity index is 1.29. The molecule has 1 fully saturated rings. The fraction of sp³-hybridized carbons (Fsp3) is 0.250. The lowest BCUT2D eigenvalue weighted by Crippen LogP contribution is -2.49. The van der Waals surface area contributed by atoms with E-state index >= 15 is 0 Å². The Hall–Kier alpha value is -3.52. The molecule has 0 saturated carbocycles. The average Bonchev–Trinajstić information content (AvgIpc) is 2.84. The van der Waals surface area contributed by atoms with Crippen LogP contribution in [0.3, 0.4) is 0 Å². The molecule has 0 N–H and O–H groups in total. The summed E-state index contributed by atoms with van der Waals surface area (Å²) in [5.41, 5.74) is 2.96. The summed E-state index contributed by atoms with van der Waals surface area (Å²) in [6.07, 6.45) is 5.20. The first-order valence-corrected chi connectivity index (χ1v) is 11.1. The van der Waals surface area contributed by atoms with E-state index in [2.05, 4.69) is 15.0 Å². The quantitative estimate of drug-likeness (QED) is 0.590. The zero-order valence-corrected chi connectivity index (χ0v) is 18.6. The number of nitrogens with zero attached hydrogens (tertiary/aromatic N) is 6. The molecule has 2 aromatic carbocycles. The molecule has 3 heterocycles. The number of halogens is 2. The highest BCUT2D eigenvalue weighted by atomic mass is 35.5. The number of hydrogen-bond donors (Lipinski definition) is 0. The van der Waals surface area contributed by atoms with E-state index < -0.39 is 5.82 Å². The molecule has 0 atom stereocenters. The summed E-state index contributed by atoms with van der Waals surface area (Å²) in [4.78, 5) is 31.9. The van der Waals surface area contributed by atoms with E-state index in [0.717, 1.165) is 11.3 Å². The number of amides is 1. The number of anilines is 2. The van der Waals surface area contributed by atoms with Gasteiger partial charge in [-0.2, -0.15) is 0 Å². The lowest BCUT2D eigenvalue weighted by atomic mass is 10.1. The molecule has 5 rings (SSSR count). The first-order valence-electron chi connectivity index (χ1n) is 10.7. The van der Waals surface area contributed by atoms with Crippen molar-refractivity contribution < 1.29 is 9.18 Å². The predicted octanol–water partition coefficient (Wildman–Crippen LogP) is 3.63. The lowest BCUT2D eigenvalue weighted by Gasteiger charge is -2.34. The molecule has 1 saturated heterocycles. The van der Waals surface area contributed by atoms with Crippen LogP contribution in [-0.2, 0) is 6.54 Å². The first-order chi connectivity index (χ1) is 16.1. The van der Waals surface area contributed by atoms with Crippen molar-refractivity contribution in [1.29, 1.82) is 0 Å². The molecule has 2 aliphatic heterocycles. The number of rotatable bonds is 4. The van der Waals surface area contributed by atoms with Gasteiger partial charge in [0.2, 0.25) is 5.95 Å². The van der Waals surface area contributed by atoms with Crippen LogP contribution in [0, 0.1) is 5.82 Å². The molecule has 168 valence electrons. The number of aliphatic imine (C=N–C) groups is 1. The molecule has 1 aromatic heterocycles. The van der Waals surface area contributed by atoms with E-state index in [1.54, 1.807) is 35.6 Å². The highest BCUT2D eigenvalue weighted by Crippen LogP contribution is 2.27. The van der Waals surface area contributed by atoms with E-state index in [0.29, 0.717) is 61.5 Å². The van der Waals surface area contributed by atoms with Gasteiger partial charge in [-0.05, 0) is 48.0 Å². The van der Waals surface area contributed by atoms with Crippen LogP contribution >= 0.6 is 11.6 Å². The Morgan fingerprint density at radius 2 is 1.82 bits per heavy atom. The Morgan fingerprint density at radius 1 is 1.03 bits per heavy atom. The van der Waals surface area contributed by atoms with Gasteiger partial charge >= 0.3 is 0 Å². The fourth-order valence-corrected chi connectivity index (χ4v) is 4.38. The molecule has 9 heteroatoms. The van der Waals surface area contributed by atoms with Gasteiger partial charge in [0.1, 0.15) is 12.5 Å². The van der Waals surface area contributed by atoms with Crippen LogP contribution in [0.4, 0.5) is 16.0 Å². The van der Waals surface area contributed by atoms with Crippen molar-refractivity contribution in [3.05, 3.63) is 82.4 Å². The summed E-state index contributed by atoms with van der Waals surface area (Å²) in [6.45, 7) is 3.20. The van der Waals surface area contributed by atoms with E-state index in [1.807, 2.05) is 28.0 Å². The van der Waals surface area contributed by atoms with Crippen molar-refractivity contribution >= 4 is 35.4 Å². The number of aromatic nitrogens is 2. The number of carbonyl (C=O) groups excluding carboxylic acids is 1. The third-order valence-electron chi connectivity index (χ3n) is 5.79. The largest absolute Gasteiger partial charge is 0.347 e. The maximum absolute atomic E-state index is 14.5. The van der Waals surface area contributed by atoms with Crippen molar-refractivity contribution in [3.8, 4) is 0 Å². The summed E-state index contributed by atoms with van der Waals surface area (Å²) in [5, 5.41) is 0.639. The Bertz CT molecular complexity index is 1200. The first kappa shape index (κ1) is 21.3.